The molecule has 1 aromatic heterocycles. The second-order valence-electron chi connectivity index (χ2n) is 5.44. The number of thiazole rings is 1. The van der Waals surface area contributed by atoms with Gasteiger partial charge in [0.05, 0.1) is 18.8 Å². The van der Waals surface area contributed by atoms with E-state index in [0.717, 1.165) is 30.9 Å². The van der Waals surface area contributed by atoms with E-state index in [1.807, 2.05) is 11.6 Å². The molecule has 2 unspecified atom stereocenters. The van der Waals surface area contributed by atoms with Crippen molar-refractivity contribution in [3.63, 3.8) is 0 Å². The molecule has 0 bridgehead atoms. The molecule has 2 rings (SSSR count). The van der Waals surface area contributed by atoms with Crippen LogP contribution < -0.4 is 5.32 Å². The molecule has 20 heavy (non-hydrogen) atoms. The van der Waals surface area contributed by atoms with Crippen LogP contribution in [-0.4, -0.2) is 60.5 Å². The van der Waals surface area contributed by atoms with Gasteiger partial charge in [0.15, 0.2) is 0 Å². The van der Waals surface area contributed by atoms with Gasteiger partial charge in [0, 0.05) is 31.3 Å². The molecule has 0 radical (unpaired) electrons. The first-order valence-corrected chi connectivity index (χ1v) is 8.11. The summed E-state index contributed by atoms with van der Waals surface area (Å²) < 4.78 is 4.97. The van der Waals surface area contributed by atoms with Gasteiger partial charge in [0.1, 0.15) is 5.01 Å². The smallest absolute Gasteiger partial charge is 0.109 e. The Morgan fingerprint density at radius 3 is 2.90 bits per heavy atom. The van der Waals surface area contributed by atoms with Crippen LogP contribution in [0.4, 0.5) is 0 Å². The number of hydrogen-bond acceptors (Lipinski definition) is 6. The first kappa shape index (κ1) is 15.9. The van der Waals surface area contributed by atoms with E-state index in [2.05, 4.69) is 22.1 Å². The molecule has 114 valence electrons. The van der Waals surface area contributed by atoms with Crippen LogP contribution in [0.25, 0.3) is 0 Å². The normalized spacial score (nSPS) is 20.9. The number of β-amino-alcohol motifs (C(OH)–C–C–N with tert-alkyl or cyclic N) is 1. The molecular formula is C14H25N3O2S. The van der Waals surface area contributed by atoms with E-state index >= 15 is 0 Å². The van der Waals surface area contributed by atoms with Crippen molar-refractivity contribution in [3.8, 4) is 0 Å². The van der Waals surface area contributed by atoms with E-state index in [9.17, 15) is 5.11 Å². The maximum atomic E-state index is 9.75. The third-order valence-electron chi connectivity index (χ3n) is 3.72. The van der Waals surface area contributed by atoms with Crippen molar-refractivity contribution in [3.05, 3.63) is 16.6 Å². The average molecular weight is 299 g/mol. The van der Waals surface area contributed by atoms with E-state index in [1.165, 1.54) is 0 Å². The van der Waals surface area contributed by atoms with Crippen molar-refractivity contribution < 1.29 is 9.84 Å². The molecule has 0 aromatic carbocycles. The van der Waals surface area contributed by atoms with Crippen LogP contribution in [0.5, 0.6) is 0 Å². The van der Waals surface area contributed by atoms with Gasteiger partial charge in [-0.15, -0.1) is 11.3 Å². The van der Waals surface area contributed by atoms with Gasteiger partial charge in [-0.3, -0.25) is 0 Å². The highest BCUT2D eigenvalue weighted by Gasteiger charge is 2.22. The van der Waals surface area contributed by atoms with Crippen LogP contribution in [0.2, 0.25) is 0 Å². The largest absolute Gasteiger partial charge is 0.389 e. The Kier molecular flexibility index (Phi) is 6.38. The summed E-state index contributed by atoms with van der Waals surface area (Å²) in [4.78, 5) is 6.67. The standard InChI is InChI=1S/C14H25N3O2S/c1-11(14-15-5-8-20-14)16-12-3-6-17(7-4-12)9-13(18)10-19-2/h5,8,11-13,16,18H,3-4,6-7,9-10H2,1-2H3. The van der Waals surface area contributed by atoms with Crippen molar-refractivity contribution in [2.24, 2.45) is 0 Å². The third kappa shape index (κ3) is 4.79. The number of nitrogens with zero attached hydrogens (tertiary/aromatic N) is 2. The van der Waals surface area contributed by atoms with Crippen molar-refractivity contribution >= 4 is 11.3 Å². The lowest BCUT2D eigenvalue weighted by Crippen LogP contribution is -2.46. The third-order valence-corrected chi connectivity index (χ3v) is 4.68. The molecule has 1 aliphatic rings. The number of likely N-dealkylation sites (tertiary alicyclic amines) is 1. The zero-order chi connectivity index (χ0) is 14.4. The predicted octanol–water partition coefficient (Wildman–Crippen LogP) is 1.27. The van der Waals surface area contributed by atoms with E-state index in [4.69, 9.17) is 4.74 Å². The maximum Gasteiger partial charge on any atom is 0.109 e. The van der Waals surface area contributed by atoms with Crippen LogP contribution in [0.3, 0.4) is 0 Å². The Bertz CT molecular complexity index is 367. The van der Waals surface area contributed by atoms with Gasteiger partial charge in [-0.05, 0) is 32.9 Å². The number of aliphatic hydroxyl groups excluding tert-OH is 1. The van der Waals surface area contributed by atoms with Crippen molar-refractivity contribution in [2.45, 2.75) is 38.0 Å². The summed E-state index contributed by atoms with van der Waals surface area (Å²) in [5.74, 6) is 0. The van der Waals surface area contributed by atoms with E-state index in [0.29, 0.717) is 25.2 Å². The van der Waals surface area contributed by atoms with Crippen LogP contribution in [0.15, 0.2) is 11.6 Å². The number of ether oxygens (including phenoxy) is 1. The number of nitrogens with one attached hydrogen (secondary N) is 1. The van der Waals surface area contributed by atoms with Gasteiger partial charge in [0.25, 0.3) is 0 Å². The lowest BCUT2D eigenvalue weighted by Gasteiger charge is -2.34. The van der Waals surface area contributed by atoms with Gasteiger partial charge < -0.3 is 20.1 Å². The Labute approximate surface area is 125 Å². The molecule has 0 spiro atoms. The number of aromatic nitrogens is 1. The van der Waals surface area contributed by atoms with Crippen LogP contribution in [0, 0.1) is 0 Å². The highest BCUT2D eigenvalue weighted by molar-refractivity contribution is 7.09. The molecule has 5 nitrogen and oxygen atoms in total. The molecule has 1 fully saturated rings. The Hall–Kier alpha value is -0.530. The molecule has 6 heteroatoms. The Morgan fingerprint density at radius 1 is 1.55 bits per heavy atom. The highest BCUT2D eigenvalue weighted by Crippen LogP contribution is 2.19. The van der Waals surface area contributed by atoms with Crippen molar-refractivity contribution in [1.29, 1.82) is 0 Å². The molecule has 2 atom stereocenters. The predicted molar refractivity (Wildman–Crippen MR) is 81.0 cm³/mol. The van der Waals surface area contributed by atoms with Crippen molar-refractivity contribution in [2.75, 3.05) is 33.4 Å². The van der Waals surface area contributed by atoms with Crippen LogP contribution in [0.1, 0.15) is 30.8 Å². The van der Waals surface area contributed by atoms with E-state index in [-0.39, 0.29) is 6.10 Å². The number of methoxy groups -OCH3 is 1. The van der Waals surface area contributed by atoms with Gasteiger partial charge in [-0.1, -0.05) is 0 Å². The zero-order valence-corrected chi connectivity index (χ0v) is 13.1. The average Bonchev–Trinajstić information content (AvgIpc) is 2.95. The summed E-state index contributed by atoms with van der Waals surface area (Å²) in [6, 6.07) is 0.871. The first-order chi connectivity index (χ1) is 9.69. The summed E-state index contributed by atoms with van der Waals surface area (Å²) >= 11 is 1.70. The summed E-state index contributed by atoms with van der Waals surface area (Å²) in [6.07, 6.45) is 3.72. The molecule has 1 aliphatic heterocycles. The number of aliphatic hydroxyl groups is 1. The summed E-state index contributed by atoms with van der Waals surface area (Å²) in [6.45, 7) is 5.36. The van der Waals surface area contributed by atoms with Gasteiger partial charge in [-0.25, -0.2) is 4.98 Å². The number of hydrogen-bond donors (Lipinski definition) is 2. The molecule has 0 saturated carbocycles. The molecule has 0 aliphatic carbocycles. The summed E-state index contributed by atoms with van der Waals surface area (Å²) in [5, 5.41) is 16.6. The number of rotatable bonds is 7. The minimum absolute atomic E-state index is 0.325. The minimum atomic E-state index is -0.376. The molecule has 0 amide bonds. The maximum absolute atomic E-state index is 9.75. The lowest BCUT2D eigenvalue weighted by atomic mass is 10.0. The molecule has 2 N–H and O–H groups in total. The minimum Gasteiger partial charge on any atom is -0.389 e. The van der Waals surface area contributed by atoms with Crippen LogP contribution >= 0.6 is 11.3 Å². The fourth-order valence-electron chi connectivity index (χ4n) is 2.70. The SMILES string of the molecule is COCC(O)CN1CCC(NC(C)c2nccs2)CC1. The topological polar surface area (TPSA) is 57.6 Å². The quantitative estimate of drug-likeness (QED) is 0.794. The van der Waals surface area contributed by atoms with Crippen molar-refractivity contribution in [1.82, 2.24) is 15.2 Å². The lowest BCUT2D eigenvalue weighted by molar-refractivity contribution is 0.0308. The van der Waals surface area contributed by atoms with Gasteiger partial charge in [-0.2, -0.15) is 0 Å². The van der Waals surface area contributed by atoms with E-state index < -0.39 is 0 Å². The van der Waals surface area contributed by atoms with Gasteiger partial charge in [0.2, 0.25) is 0 Å². The van der Waals surface area contributed by atoms with Gasteiger partial charge >= 0.3 is 0 Å². The Balaban J connectivity index is 1.69. The molecule has 1 saturated heterocycles. The summed E-state index contributed by atoms with van der Waals surface area (Å²) in [7, 11) is 1.62. The fraction of sp³-hybridized carbons (Fsp3) is 0.786. The first-order valence-electron chi connectivity index (χ1n) is 7.24. The second-order valence-corrected chi connectivity index (χ2v) is 6.37. The molecule has 2 heterocycles. The monoisotopic (exact) mass is 299 g/mol. The summed E-state index contributed by atoms with van der Waals surface area (Å²) in [5.41, 5.74) is 0. The fourth-order valence-corrected chi connectivity index (χ4v) is 3.35. The zero-order valence-electron chi connectivity index (χ0n) is 12.3. The molecular weight excluding hydrogens is 274 g/mol. The highest BCUT2D eigenvalue weighted by atomic mass is 32.1. The Morgan fingerprint density at radius 2 is 2.30 bits per heavy atom. The second kappa shape index (κ2) is 8.05. The van der Waals surface area contributed by atoms with Crippen LogP contribution in [-0.2, 0) is 4.74 Å². The molecule has 1 aromatic rings. The van der Waals surface area contributed by atoms with E-state index in [1.54, 1.807) is 18.4 Å². The number of piperidine rings is 1.